The number of carbonyl (C=O) groups is 1. The minimum Gasteiger partial charge on any atom is -0.480 e. The summed E-state index contributed by atoms with van der Waals surface area (Å²) in [5.41, 5.74) is 6.15. The SMILES string of the molecule is Cn1c(=O)n(-c2ccc(C[C@H](N)C(=O)O)cc2)c(=O)c2ccncc21. The van der Waals surface area contributed by atoms with Gasteiger partial charge in [-0.15, -0.1) is 0 Å². The van der Waals surface area contributed by atoms with Crippen LogP contribution in [0.1, 0.15) is 5.56 Å². The molecule has 2 aromatic heterocycles. The Morgan fingerprint density at radius 3 is 2.56 bits per heavy atom. The Hall–Kier alpha value is -3.26. The Balaban J connectivity index is 2.10. The van der Waals surface area contributed by atoms with Gasteiger partial charge in [-0.25, -0.2) is 9.36 Å². The van der Waals surface area contributed by atoms with E-state index in [1.54, 1.807) is 37.4 Å². The van der Waals surface area contributed by atoms with Gasteiger partial charge in [0.05, 0.1) is 22.8 Å². The first-order valence-corrected chi connectivity index (χ1v) is 7.53. The van der Waals surface area contributed by atoms with E-state index in [-0.39, 0.29) is 6.42 Å². The number of hydrogen-bond donors (Lipinski definition) is 2. The Labute approximate surface area is 141 Å². The molecular formula is C17H16N4O4. The highest BCUT2D eigenvalue weighted by molar-refractivity contribution is 5.77. The molecular weight excluding hydrogens is 324 g/mol. The molecule has 3 rings (SSSR count). The average molecular weight is 340 g/mol. The van der Waals surface area contributed by atoms with Gasteiger partial charge in [0.1, 0.15) is 6.04 Å². The van der Waals surface area contributed by atoms with E-state index in [4.69, 9.17) is 10.8 Å². The third kappa shape index (κ3) is 2.94. The summed E-state index contributed by atoms with van der Waals surface area (Å²) in [4.78, 5) is 40.0. The lowest BCUT2D eigenvalue weighted by molar-refractivity contribution is -0.138. The summed E-state index contributed by atoms with van der Waals surface area (Å²) in [5.74, 6) is -1.09. The first-order chi connectivity index (χ1) is 11.9. The van der Waals surface area contributed by atoms with Crippen molar-refractivity contribution < 1.29 is 9.90 Å². The van der Waals surface area contributed by atoms with Gasteiger partial charge in [0.2, 0.25) is 0 Å². The number of hydrogen-bond acceptors (Lipinski definition) is 5. The largest absolute Gasteiger partial charge is 0.480 e. The highest BCUT2D eigenvalue weighted by atomic mass is 16.4. The second kappa shape index (κ2) is 6.33. The zero-order valence-corrected chi connectivity index (χ0v) is 13.4. The zero-order valence-electron chi connectivity index (χ0n) is 13.4. The molecule has 0 aliphatic heterocycles. The Morgan fingerprint density at radius 2 is 1.92 bits per heavy atom. The molecule has 25 heavy (non-hydrogen) atoms. The predicted molar refractivity (Wildman–Crippen MR) is 91.9 cm³/mol. The van der Waals surface area contributed by atoms with Crippen molar-refractivity contribution in [2.45, 2.75) is 12.5 Å². The molecule has 0 spiro atoms. The van der Waals surface area contributed by atoms with E-state index in [0.717, 1.165) is 4.57 Å². The fourth-order valence-corrected chi connectivity index (χ4v) is 2.64. The second-order valence-electron chi connectivity index (χ2n) is 5.69. The molecule has 3 aromatic rings. The van der Waals surface area contributed by atoms with Crippen LogP contribution in [0.5, 0.6) is 0 Å². The molecule has 8 nitrogen and oxygen atoms in total. The minimum atomic E-state index is -1.09. The molecule has 8 heteroatoms. The summed E-state index contributed by atoms with van der Waals surface area (Å²) in [6.45, 7) is 0. The van der Waals surface area contributed by atoms with E-state index < -0.39 is 23.3 Å². The number of carboxylic acids is 1. The number of aryl methyl sites for hydroxylation is 1. The number of carboxylic acid groups (broad SMARTS) is 1. The predicted octanol–water partition coefficient (Wildman–Crippen LogP) is 0.0388. The fourth-order valence-electron chi connectivity index (χ4n) is 2.64. The quantitative estimate of drug-likeness (QED) is 0.692. The van der Waals surface area contributed by atoms with Crippen LogP contribution in [0.2, 0.25) is 0 Å². The van der Waals surface area contributed by atoms with Crippen molar-refractivity contribution in [2.75, 3.05) is 0 Å². The van der Waals surface area contributed by atoms with Crippen molar-refractivity contribution >= 4 is 16.9 Å². The van der Waals surface area contributed by atoms with Gasteiger partial charge in [0.25, 0.3) is 5.56 Å². The van der Waals surface area contributed by atoms with Crippen molar-refractivity contribution in [1.82, 2.24) is 14.1 Å². The molecule has 2 heterocycles. The third-order valence-electron chi connectivity index (χ3n) is 4.04. The lowest BCUT2D eigenvalue weighted by Crippen LogP contribution is -2.38. The molecule has 0 fully saturated rings. The summed E-state index contributed by atoms with van der Waals surface area (Å²) < 4.78 is 2.43. The molecule has 0 aliphatic carbocycles. The van der Waals surface area contributed by atoms with Crippen molar-refractivity contribution in [1.29, 1.82) is 0 Å². The average Bonchev–Trinajstić information content (AvgIpc) is 2.61. The number of nitrogens with zero attached hydrogens (tertiary/aromatic N) is 3. The van der Waals surface area contributed by atoms with Gasteiger partial charge in [0, 0.05) is 13.2 Å². The maximum atomic E-state index is 12.7. The first kappa shape index (κ1) is 16.6. The van der Waals surface area contributed by atoms with Crippen LogP contribution in [0.4, 0.5) is 0 Å². The normalized spacial score (nSPS) is 12.2. The van der Waals surface area contributed by atoms with E-state index in [1.807, 2.05) is 0 Å². The van der Waals surface area contributed by atoms with Crippen LogP contribution in [-0.2, 0) is 18.3 Å². The number of pyridine rings is 1. The van der Waals surface area contributed by atoms with Crippen molar-refractivity contribution in [2.24, 2.45) is 12.8 Å². The molecule has 1 aromatic carbocycles. The molecule has 0 saturated carbocycles. The highest BCUT2D eigenvalue weighted by Crippen LogP contribution is 2.10. The molecule has 0 aliphatic rings. The summed E-state index contributed by atoms with van der Waals surface area (Å²) in [5, 5.41) is 9.24. The highest BCUT2D eigenvalue weighted by Gasteiger charge is 2.14. The molecule has 3 N–H and O–H groups in total. The van der Waals surface area contributed by atoms with Gasteiger partial charge in [-0.05, 0) is 30.2 Å². The van der Waals surface area contributed by atoms with E-state index in [2.05, 4.69) is 4.98 Å². The topological polar surface area (TPSA) is 120 Å². The number of nitrogens with two attached hydrogens (primary N) is 1. The second-order valence-corrected chi connectivity index (χ2v) is 5.69. The van der Waals surface area contributed by atoms with Gasteiger partial charge in [-0.2, -0.15) is 0 Å². The molecule has 0 saturated heterocycles. The maximum Gasteiger partial charge on any atom is 0.335 e. The van der Waals surface area contributed by atoms with Crippen molar-refractivity contribution in [3.8, 4) is 5.69 Å². The molecule has 128 valence electrons. The molecule has 0 radical (unpaired) electrons. The lowest BCUT2D eigenvalue weighted by atomic mass is 10.1. The van der Waals surface area contributed by atoms with Crippen LogP contribution in [0.15, 0.2) is 52.3 Å². The number of aromatic nitrogens is 3. The number of fused-ring (bicyclic) bond motifs is 1. The van der Waals surface area contributed by atoms with E-state index in [1.165, 1.54) is 17.0 Å². The van der Waals surface area contributed by atoms with Gasteiger partial charge in [0.15, 0.2) is 0 Å². The minimum absolute atomic E-state index is 0.159. The van der Waals surface area contributed by atoms with Crippen LogP contribution < -0.4 is 17.0 Å². The Morgan fingerprint density at radius 1 is 1.24 bits per heavy atom. The van der Waals surface area contributed by atoms with Crippen molar-refractivity contribution in [3.05, 3.63) is 69.1 Å². The van der Waals surface area contributed by atoms with E-state index >= 15 is 0 Å². The number of aliphatic carboxylic acids is 1. The fraction of sp³-hybridized carbons (Fsp3) is 0.176. The number of rotatable bonds is 4. The standard InChI is InChI=1S/C17H16N4O4/c1-20-14-9-19-7-6-12(14)15(22)21(17(20)25)11-4-2-10(3-5-11)8-13(18)16(23)24/h2-7,9,13H,8,18H2,1H3,(H,23,24)/t13-/m0/s1. The zero-order chi connectivity index (χ0) is 18.1. The monoisotopic (exact) mass is 340 g/mol. The van der Waals surface area contributed by atoms with Gasteiger partial charge < -0.3 is 10.8 Å². The van der Waals surface area contributed by atoms with Crippen LogP contribution in [-0.4, -0.2) is 31.2 Å². The van der Waals surface area contributed by atoms with E-state index in [0.29, 0.717) is 22.2 Å². The smallest absolute Gasteiger partial charge is 0.335 e. The van der Waals surface area contributed by atoms with Crippen LogP contribution in [0.3, 0.4) is 0 Å². The maximum absolute atomic E-state index is 12.7. The van der Waals surface area contributed by atoms with Crippen molar-refractivity contribution in [3.63, 3.8) is 0 Å². The summed E-state index contributed by atoms with van der Waals surface area (Å²) in [6.07, 6.45) is 3.12. The molecule has 0 bridgehead atoms. The molecule has 0 unspecified atom stereocenters. The number of benzene rings is 1. The van der Waals surface area contributed by atoms with Crippen LogP contribution in [0.25, 0.3) is 16.6 Å². The third-order valence-corrected chi connectivity index (χ3v) is 4.04. The molecule has 1 atom stereocenters. The van der Waals surface area contributed by atoms with Gasteiger partial charge in [-0.3, -0.25) is 19.1 Å². The lowest BCUT2D eigenvalue weighted by Gasteiger charge is -2.11. The summed E-state index contributed by atoms with van der Waals surface area (Å²) in [7, 11) is 1.57. The summed E-state index contributed by atoms with van der Waals surface area (Å²) in [6, 6.07) is 7.06. The van der Waals surface area contributed by atoms with Gasteiger partial charge in [-0.1, -0.05) is 12.1 Å². The Kier molecular flexibility index (Phi) is 4.20. The molecule has 0 amide bonds. The Bertz CT molecular complexity index is 1070. The van der Waals surface area contributed by atoms with Crippen LogP contribution in [0, 0.1) is 0 Å². The van der Waals surface area contributed by atoms with Crippen LogP contribution >= 0.6 is 0 Å². The van der Waals surface area contributed by atoms with E-state index in [9.17, 15) is 14.4 Å². The first-order valence-electron chi connectivity index (χ1n) is 7.53. The van der Waals surface area contributed by atoms with Gasteiger partial charge >= 0.3 is 11.7 Å². The summed E-state index contributed by atoms with van der Waals surface area (Å²) >= 11 is 0.